The van der Waals surface area contributed by atoms with Crippen LogP contribution < -0.4 is 20.1 Å². The van der Waals surface area contributed by atoms with Crippen LogP contribution in [0.3, 0.4) is 0 Å². The molecule has 0 bridgehead atoms. The Labute approximate surface area is 149 Å². The van der Waals surface area contributed by atoms with E-state index >= 15 is 0 Å². The molecule has 0 saturated carbocycles. The van der Waals surface area contributed by atoms with Crippen molar-refractivity contribution in [1.29, 1.82) is 0 Å². The summed E-state index contributed by atoms with van der Waals surface area (Å²) in [7, 11) is 3.16. The Hall–Kier alpha value is -2.11. The Bertz CT molecular complexity index is 796. The van der Waals surface area contributed by atoms with Gasteiger partial charge in [-0.2, -0.15) is 0 Å². The summed E-state index contributed by atoms with van der Waals surface area (Å²) in [5.74, 6) is 1.13. The van der Waals surface area contributed by atoms with Gasteiger partial charge in [0.15, 0.2) is 11.5 Å². The summed E-state index contributed by atoms with van der Waals surface area (Å²) in [6, 6.07) is 8.68. The third-order valence-corrected chi connectivity index (χ3v) is 4.59. The molecule has 0 saturated heterocycles. The van der Waals surface area contributed by atoms with Crippen molar-refractivity contribution < 1.29 is 14.3 Å². The van der Waals surface area contributed by atoms with E-state index in [9.17, 15) is 4.79 Å². The van der Waals surface area contributed by atoms with Gasteiger partial charge in [-0.05, 0) is 29.8 Å². The summed E-state index contributed by atoms with van der Waals surface area (Å²) in [5, 5.41) is 6.99. The highest BCUT2D eigenvalue weighted by Crippen LogP contribution is 2.39. The molecule has 1 heterocycles. The number of carbonyl (C=O) groups is 1. The number of rotatable bonds is 3. The number of amides is 1. The molecule has 24 heavy (non-hydrogen) atoms. The second-order valence-electron chi connectivity index (χ2n) is 5.38. The van der Waals surface area contributed by atoms with Crippen LogP contribution in [0.15, 0.2) is 30.3 Å². The number of nitrogens with one attached hydrogen (secondary N) is 2. The molecular weight excluding hydrogens is 351 g/mol. The van der Waals surface area contributed by atoms with Gasteiger partial charge in [0.05, 0.1) is 48.1 Å². The zero-order chi connectivity index (χ0) is 17.3. The Morgan fingerprint density at radius 3 is 2.33 bits per heavy atom. The Balaban J connectivity index is 1.99. The van der Waals surface area contributed by atoms with Gasteiger partial charge in [-0.25, -0.2) is 0 Å². The highest BCUT2D eigenvalue weighted by Gasteiger charge is 2.24. The van der Waals surface area contributed by atoms with Crippen molar-refractivity contribution in [3.63, 3.8) is 0 Å². The van der Waals surface area contributed by atoms with Crippen molar-refractivity contribution >= 4 is 40.5 Å². The lowest BCUT2D eigenvalue weighted by Gasteiger charge is -2.19. The standard InChI is InChI=1S/C17H16Cl2N2O3/c1-23-15-4-3-9(5-16(15)24-2)12-8-17(22)21-14-7-11(19)10(18)6-13(14)20-12/h3-7,12,20H,8H2,1-2H3,(H,21,22)/t12-/m0/s1. The summed E-state index contributed by atoms with van der Waals surface area (Å²) in [5.41, 5.74) is 2.23. The van der Waals surface area contributed by atoms with E-state index in [1.165, 1.54) is 0 Å². The topological polar surface area (TPSA) is 59.6 Å². The van der Waals surface area contributed by atoms with Gasteiger partial charge >= 0.3 is 0 Å². The molecule has 0 aromatic heterocycles. The maximum Gasteiger partial charge on any atom is 0.226 e. The van der Waals surface area contributed by atoms with E-state index in [4.69, 9.17) is 32.7 Å². The Morgan fingerprint density at radius 2 is 1.67 bits per heavy atom. The van der Waals surface area contributed by atoms with Crippen molar-refractivity contribution in [2.45, 2.75) is 12.5 Å². The molecule has 2 N–H and O–H groups in total. The van der Waals surface area contributed by atoms with Crippen molar-refractivity contribution in [3.05, 3.63) is 45.9 Å². The molecule has 0 unspecified atom stereocenters. The number of fused-ring (bicyclic) bond motifs is 1. The zero-order valence-electron chi connectivity index (χ0n) is 13.2. The quantitative estimate of drug-likeness (QED) is 0.838. The van der Waals surface area contributed by atoms with Crippen LogP contribution in [0.2, 0.25) is 10.0 Å². The number of anilines is 2. The van der Waals surface area contributed by atoms with Crippen molar-refractivity contribution in [1.82, 2.24) is 0 Å². The normalized spacial score (nSPS) is 16.5. The van der Waals surface area contributed by atoms with Crippen molar-refractivity contribution in [2.24, 2.45) is 0 Å². The largest absolute Gasteiger partial charge is 0.493 e. The summed E-state index contributed by atoms with van der Waals surface area (Å²) >= 11 is 12.1. The zero-order valence-corrected chi connectivity index (χ0v) is 14.7. The molecule has 0 radical (unpaired) electrons. The van der Waals surface area contributed by atoms with Crippen LogP contribution in [0, 0.1) is 0 Å². The smallest absolute Gasteiger partial charge is 0.226 e. The highest BCUT2D eigenvalue weighted by atomic mass is 35.5. The maximum atomic E-state index is 12.2. The predicted molar refractivity (Wildman–Crippen MR) is 95.6 cm³/mol. The minimum atomic E-state index is -0.233. The third-order valence-electron chi connectivity index (χ3n) is 3.86. The van der Waals surface area contributed by atoms with E-state index < -0.39 is 0 Å². The first kappa shape index (κ1) is 16.7. The average Bonchev–Trinajstić information content (AvgIpc) is 2.73. The number of carbonyl (C=O) groups excluding carboxylic acids is 1. The van der Waals surface area contributed by atoms with E-state index in [0.717, 1.165) is 11.3 Å². The molecule has 7 heteroatoms. The molecule has 1 aliphatic heterocycles. The molecule has 0 spiro atoms. The molecule has 0 fully saturated rings. The maximum absolute atomic E-state index is 12.2. The molecule has 3 rings (SSSR count). The predicted octanol–water partition coefficient (Wildman–Crippen LogP) is 4.51. The lowest BCUT2D eigenvalue weighted by atomic mass is 10.0. The van der Waals surface area contributed by atoms with E-state index in [-0.39, 0.29) is 18.4 Å². The van der Waals surface area contributed by atoms with Crippen LogP contribution in [0.1, 0.15) is 18.0 Å². The van der Waals surface area contributed by atoms with Crippen molar-refractivity contribution in [3.8, 4) is 11.5 Å². The van der Waals surface area contributed by atoms with E-state index in [1.54, 1.807) is 26.4 Å². The number of methoxy groups -OCH3 is 2. The number of ether oxygens (including phenoxy) is 2. The Kier molecular flexibility index (Phi) is 4.73. The molecule has 2 aromatic carbocycles. The highest BCUT2D eigenvalue weighted by molar-refractivity contribution is 6.42. The average molecular weight is 367 g/mol. The Morgan fingerprint density at radius 1 is 1.00 bits per heavy atom. The first-order chi connectivity index (χ1) is 11.5. The monoisotopic (exact) mass is 366 g/mol. The first-order valence-corrected chi connectivity index (χ1v) is 8.04. The molecule has 0 aliphatic carbocycles. The number of halogens is 2. The van der Waals surface area contributed by atoms with Crippen LogP contribution in [0.5, 0.6) is 11.5 Å². The fraction of sp³-hybridized carbons (Fsp3) is 0.235. The summed E-state index contributed by atoms with van der Waals surface area (Å²) < 4.78 is 10.6. The van der Waals surface area contributed by atoms with Gasteiger partial charge in [-0.1, -0.05) is 29.3 Å². The second-order valence-corrected chi connectivity index (χ2v) is 6.19. The van der Waals surface area contributed by atoms with Crippen LogP contribution in [0.4, 0.5) is 11.4 Å². The molecular formula is C17H16Cl2N2O3. The fourth-order valence-corrected chi connectivity index (χ4v) is 2.99. The lowest BCUT2D eigenvalue weighted by molar-refractivity contribution is -0.116. The fourth-order valence-electron chi connectivity index (χ4n) is 2.67. The van der Waals surface area contributed by atoms with Gasteiger partial charge in [0.25, 0.3) is 0 Å². The van der Waals surface area contributed by atoms with Crippen LogP contribution >= 0.6 is 23.2 Å². The molecule has 1 amide bonds. The minimum absolute atomic E-state index is 0.112. The first-order valence-electron chi connectivity index (χ1n) is 7.29. The number of benzene rings is 2. The van der Waals surface area contributed by atoms with Gasteiger partial charge in [0.2, 0.25) is 5.91 Å². The summed E-state index contributed by atoms with van der Waals surface area (Å²) in [6.07, 6.45) is 0.263. The molecule has 2 aromatic rings. The van der Waals surface area contributed by atoms with E-state index in [2.05, 4.69) is 10.6 Å². The number of hydrogen-bond donors (Lipinski definition) is 2. The van der Waals surface area contributed by atoms with E-state index in [1.807, 2.05) is 18.2 Å². The van der Waals surface area contributed by atoms with E-state index in [0.29, 0.717) is 27.2 Å². The van der Waals surface area contributed by atoms with Crippen LogP contribution in [-0.2, 0) is 4.79 Å². The van der Waals surface area contributed by atoms with Gasteiger partial charge in [0, 0.05) is 0 Å². The van der Waals surface area contributed by atoms with Crippen molar-refractivity contribution in [2.75, 3.05) is 24.9 Å². The molecule has 5 nitrogen and oxygen atoms in total. The lowest BCUT2D eigenvalue weighted by Crippen LogP contribution is -2.15. The molecule has 1 aliphatic rings. The second kappa shape index (κ2) is 6.79. The minimum Gasteiger partial charge on any atom is -0.493 e. The van der Waals surface area contributed by atoms with Crippen LogP contribution in [-0.4, -0.2) is 20.1 Å². The third kappa shape index (κ3) is 3.23. The molecule has 1 atom stereocenters. The van der Waals surface area contributed by atoms with Gasteiger partial charge in [0.1, 0.15) is 0 Å². The summed E-state index contributed by atoms with van der Waals surface area (Å²) in [6.45, 7) is 0. The van der Waals surface area contributed by atoms with Gasteiger partial charge < -0.3 is 20.1 Å². The number of hydrogen-bond acceptors (Lipinski definition) is 4. The van der Waals surface area contributed by atoms with Gasteiger partial charge in [-0.3, -0.25) is 4.79 Å². The van der Waals surface area contributed by atoms with Crippen LogP contribution in [0.25, 0.3) is 0 Å². The SMILES string of the molecule is COc1ccc([C@@H]2CC(=O)Nc3cc(Cl)c(Cl)cc3N2)cc1OC. The summed E-state index contributed by atoms with van der Waals surface area (Å²) in [4.78, 5) is 12.2. The van der Waals surface area contributed by atoms with Gasteiger partial charge in [-0.15, -0.1) is 0 Å². The molecule has 126 valence electrons.